The van der Waals surface area contributed by atoms with E-state index in [1.54, 1.807) is 12.1 Å². The zero-order chi connectivity index (χ0) is 12.4. The van der Waals surface area contributed by atoms with E-state index in [2.05, 4.69) is 13.8 Å². The summed E-state index contributed by atoms with van der Waals surface area (Å²) in [5.41, 5.74) is 8.72. The fourth-order valence-electron chi connectivity index (χ4n) is 2.00. The Bertz CT molecular complexity index is 532. The van der Waals surface area contributed by atoms with Crippen LogP contribution in [0.3, 0.4) is 0 Å². The molecule has 0 spiro atoms. The van der Waals surface area contributed by atoms with Gasteiger partial charge in [0, 0.05) is 11.3 Å². The van der Waals surface area contributed by atoms with Crippen LogP contribution in [0.25, 0.3) is 11.1 Å². The second kappa shape index (κ2) is 4.58. The summed E-state index contributed by atoms with van der Waals surface area (Å²) in [4.78, 5) is 0. The fraction of sp³-hybridized carbons (Fsp3) is 0.200. The third-order valence-corrected chi connectivity index (χ3v) is 2.87. The standard InChI is InChI=1S/C15H16FN/c1-10(2)12-5-3-4-6-13(12)14-8-7-11(17)9-15(14)16/h3-10H,17H2,1-2H3. The topological polar surface area (TPSA) is 26.0 Å². The molecule has 2 aromatic carbocycles. The van der Waals surface area contributed by atoms with Gasteiger partial charge in [-0.2, -0.15) is 0 Å². The molecule has 0 aliphatic carbocycles. The molecule has 0 radical (unpaired) electrons. The summed E-state index contributed by atoms with van der Waals surface area (Å²) in [5, 5.41) is 0. The van der Waals surface area contributed by atoms with Crippen LogP contribution in [0.5, 0.6) is 0 Å². The molecule has 0 aliphatic rings. The van der Waals surface area contributed by atoms with Crippen LogP contribution in [0.15, 0.2) is 42.5 Å². The van der Waals surface area contributed by atoms with Gasteiger partial charge in [-0.3, -0.25) is 0 Å². The van der Waals surface area contributed by atoms with E-state index >= 15 is 0 Å². The largest absolute Gasteiger partial charge is 0.399 e. The summed E-state index contributed by atoms with van der Waals surface area (Å²) >= 11 is 0. The average Bonchev–Trinajstić information content (AvgIpc) is 2.29. The van der Waals surface area contributed by atoms with Crippen molar-refractivity contribution in [3.63, 3.8) is 0 Å². The van der Waals surface area contributed by atoms with Crippen molar-refractivity contribution in [2.45, 2.75) is 19.8 Å². The summed E-state index contributed by atoms with van der Waals surface area (Å²) in [6.45, 7) is 4.21. The molecule has 0 atom stereocenters. The summed E-state index contributed by atoms with van der Waals surface area (Å²) in [5.74, 6) is 0.0984. The summed E-state index contributed by atoms with van der Waals surface area (Å²) in [6.07, 6.45) is 0. The van der Waals surface area contributed by atoms with Crippen molar-refractivity contribution in [1.82, 2.24) is 0 Å². The molecular formula is C15H16FN. The molecule has 2 rings (SSSR count). The molecule has 0 amide bonds. The quantitative estimate of drug-likeness (QED) is 0.767. The van der Waals surface area contributed by atoms with Gasteiger partial charge < -0.3 is 5.73 Å². The SMILES string of the molecule is CC(C)c1ccccc1-c1ccc(N)cc1F. The smallest absolute Gasteiger partial charge is 0.133 e. The molecule has 2 aromatic rings. The Hall–Kier alpha value is -1.83. The van der Waals surface area contributed by atoms with Crippen LogP contribution < -0.4 is 5.73 Å². The highest BCUT2D eigenvalue weighted by atomic mass is 19.1. The van der Waals surface area contributed by atoms with Crippen molar-refractivity contribution in [3.8, 4) is 11.1 Å². The molecule has 2 N–H and O–H groups in total. The van der Waals surface area contributed by atoms with Crippen LogP contribution in [0.2, 0.25) is 0 Å². The summed E-state index contributed by atoms with van der Waals surface area (Å²) < 4.78 is 13.9. The van der Waals surface area contributed by atoms with Crippen molar-refractivity contribution >= 4 is 5.69 Å². The van der Waals surface area contributed by atoms with E-state index in [4.69, 9.17) is 5.73 Å². The Morgan fingerprint density at radius 1 is 1.00 bits per heavy atom. The molecular weight excluding hydrogens is 213 g/mol. The molecule has 0 aromatic heterocycles. The van der Waals surface area contributed by atoms with Gasteiger partial charge in [-0.25, -0.2) is 4.39 Å². The summed E-state index contributed by atoms with van der Waals surface area (Å²) in [6, 6.07) is 12.7. The lowest BCUT2D eigenvalue weighted by Crippen LogP contribution is -1.95. The van der Waals surface area contributed by atoms with Gasteiger partial charge in [-0.1, -0.05) is 38.1 Å². The number of hydrogen-bond acceptors (Lipinski definition) is 1. The van der Waals surface area contributed by atoms with Crippen LogP contribution >= 0.6 is 0 Å². The number of nitrogens with two attached hydrogens (primary N) is 1. The minimum Gasteiger partial charge on any atom is -0.399 e. The first-order chi connectivity index (χ1) is 8.09. The molecule has 0 saturated carbocycles. The number of nitrogen functional groups attached to an aromatic ring is 1. The van der Waals surface area contributed by atoms with E-state index in [9.17, 15) is 4.39 Å². The first-order valence-electron chi connectivity index (χ1n) is 5.74. The maximum Gasteiger partial charge on any atom is 0.133 e. The van der Waals surface area contributed by atoms with Gasteiger partial charge in [0.05, 0.1) is 0 Å². The Labute approximate surface area is 101 Å². The third kappa shape index (κ3) is 2.31. The molecule has 0 bridgehead atoms. The van der Waals surface area contributed by atoms with Crippen LogP contribution in [0.4, 0.5) is 10.1 Å². The highest BCUT2D eigenvalue weighted by Gasteiger charge is 2.11. The highest BCUT2D eigenvalue weighted by molar-refractivity contribution is 5.70. The lowest BCUT2D eigenvalue weighted by molar-refractivity contribution is 0.631. The molecule has 17 heavy (non-hydrogen) atoms. The molecule has 0 heterocycles. The third-order valence-electron chi connectivity index (χ3n) is 2.87. The molecule has 1 nitrogen and oxygen atoms in total. The molecule has 2 heteroatoms. The van der Waals surface area contributed by atoms with Crippen LogP contribution in [-0.4, -0.2) is 0 Å². The first kappa shape index (κ1) is 11.6. The van der Waals surface area contributed by atoms with E-state index in [0.717, 1.165) is 11.1 Å². The monoisotopic (exact) mass is 229 g/mol. The highest BCUT2D eigenvalue weighted by Crippen LogP contribution is 2.31. The van der Waals surface area contributed by atoms with Gasteiger partial charge in [-0.05, 0) is 35.2 Å². The molecule has 0 unspecified atom stereocenters. The van der Waals surface area contributed by atoms with Crippen molar-refractivity contribution in [1.29, 1.82) is 0 Å². The summed E-state index contributed by atoms with van der Waals surface area (Å²) in [7, 11) is 0. The van der Waals surface area contributed by atoms with E-state index in [0.29, 0.717) is 17.2 Å². The predicted molar refractivity (Wildman–Crippen MR) is 70.3 cm³/mol. The van der Waals surface area contributed by atoms with Gasteiger partial charge in [-0.15, -0.1) is 0 Å². The van der Waals surface area contributed by atoms with Gasteiger partial charge in [0.2, 0.25) is 0 Å². The lowest BCUT2D eigenvalue weighted by Gasteiger charge is -2.13. The second-order valence-corrected chi connectivity index (χ2v) is 4.48. The number of halogens is 1. The lowest BCUT2D eigenvalue weighted by atomic mass is 9.92. The molecule has 88 valence electrons. The minimum atomic E-state index is -0.266. The Morgan fingerprint density at radius 3 is 2.35 bits per heavy atom. The average molecular weight is 229 g/mol. The van der Waals surface area contributed by atoms with E-state index < -0.39 is 0 Å². The Morgan fingerprint density at radius 2 is 1.71 bits per heavy atom. The molecule has 0 saturated heterocycles. The van der Waals surface area contributed by atoms with Crippen LogP contribution in [-0.2, 0) is 0 Å². The van der Waals surface area contributed by atoms with Crippen LogP contribution in [0.1, 0.15) is 25.3 Å². The molecule has 0 fully saturated rings. The van der Waals surface area contributed by atoms with Crippen molar-refractivity contribution in [3.05, 3.63) is 53.8 Å². The number of rotatable bonds is 2. The second-order valence-electron chi connectivity index (χ2n) is 4.48. The number of hydrogen-bond donors (Lipinski definition) is 1. The molecule has 0 aliphatic heterocycles. The van der Waals surface area contributed by atoms with E-state index in [1.165, 1.54) is 6.07 Å². The Kier molecular flexibility index (Phi) is 3.14. The number of benzene rings is 2. The van der Waals surface area contributed by atoms with Gasteiger partial charge >= 0.3 is 0 Å². The van der Waals surface area contributed by atoms with Crippen LogP contribution in [0, 0.1) is 5.82 Å². The zero-order valence-electron chi connectivity index (χ0n) is 10.1. The van der Waals surface area contributed by atoms with E-state index in [1.807, 2.05) is 24.3 Å². The van der Waals surface area contributed by atoms with Crippen molar-refractivity contribution < 1.29 is 4.39 Å². The van der Waals surface area contributed by atoms with Crippen molar-refractivity contribution in [2.75, 3.05) is 5.73 Å². The Balaban J connectivity index is 2.60. The normalized spacial score (nSPS) is 10.8. The minimum absolute atomic E-state index is 0.266. The maximum atomic E-state index is 13.9. The number of anilines is 1. The van der Waals surface area contributed by atoms with Gasteiger partial charge in [0.15, 0.2) is 0 Å². The zero-order valence-corrected chi connectivity index (χ0v) is 10.1. The van der Waals surface area contributed by atoms with Gasteiger partial charge in [0.25, 0.3) is 0 Å². The van der Waals surface area contributed by atoms with Gasteiger partial charge in [0.1, 0.15) is 5.82 Å². The fourth-order valence-corrected chi connectivity index (χ4v) is 2.00. The van der Waals surface area contributed by atoms with E-state index in [-0.39, 0.29) is 5.82 Å². The van der Waals surface area contributed by atoms with Crippen molar-refractivity contribution in [2.24, 2.45) is 0 Å². The predicted octanol–water partition coefficient (Wildman–Crippen LogP) is 4.20. The maximum absolute atomic E-state index is 13.9. The first-order valence-corrected chi connectivity index (χ1v) is 5.74.